The first kappa shape index (κ1) is 109. The van der Waals surface area contributed by atoms with E-state index in [0.29, 0.717) is 110 Å². The summed E-state index contributed by atoms with van der Waals surface area (Å²) in [7, 11) is 6.14. The molecule has 2 fully saturated rings. The lowest BCUT2D eigenvalue weighted by Crippen LogP contribution is -2.58. The second-order valence-corrected chi connectivity index (χ2v) is 36.9. The zero-order valence-corrected chi connectivity index (χ0v) is 78.4. The van der Waals surface area contributed by atoms with Gasteiger partial charge in [-0.25, -0.2) is 33.6 Å². The number of methoxy groups -OCH3 is 2. The quantitative estimate of drug-likeness (QED) is 0.00943. The molecule has 0 bridgehead atoms. The van der Waals surface area contributed by atoms with Crippen molar-refractivity contribution in [3.8, 4) is 0 Å². The van der Waals surface area contributed by atoms with Crippen LogP contribution in [0.2, 0.25) is 0 Å². The highest BCUT2D eigenvalue weighted by molar-refractivity contribution is 5.79. The van der Waals surface area contributed by atoms with Crippen LogP contribution >= 0.6 is 0 Å². The number of hydrogen-bond donors (Lipinski definition) is 5. The first-order valence-electron chi connectivity index (χ1n) is 45.7. The molecule has 0 aliphatic heterocycles. The summed E-state index contributed by atoms with van der Waals surface area (Å²) >= 11 is 0. The SMILES string of the molecule is CCCCCCCCC(OC)C(CCCCCCCC(=O)OCC(C)COC(=O)CCCCCCCC=CCC(OC(=O)NC1CC(C)(C)CC(C)(NC(=O)OCC(C)(COC(=O)NC)C(=O)O[N+](CC)(CC)CC)C1)C(CCCCC)OC)OC(=O)NC1CC(C)(C)CC(C)(CC(=O)OCC(C)(COC(=O)NC)C(=O)O[N+](CC)(CC)CC)C1. The van der Waals surface area contributed by atoms with Gasteiger partial charge in [0.2, 0.25) is 0 Å². The lowest BCUT2D eigenvalue weighted by Gasteiger charge is -2.46. The molecule has 0 saturated heterocycles. The molecule has 11 atom stereocenters. The fourth-order valence-electron chi connectivity index (χ4n) is 17.0. The Hall–Kier alpha value is -6.72. The van der Waals surface area contributed by atoms with Crippen LogP contribution in [-0.4, -0.2) is 219 Å². The van der Waals surface area contributed by atoms with E-state index in [0.717, 1.165) is 116 Å². The minimum atomic E-state index is -1.52. The summed E-state index contributed by atoms with van der Waals surface area (Å²) in [5.41, 5.74) is -4.97. The van der Waals surface area contributed by atoms with Crippen molar-refractivity contribution in [2.45, 2.75) is 372 Å². The number of quaternary nitrogens is 2. The number of allylic oxidation sites excluding steroid dienone is 1. The van der Waals surface area contributed by atoms with Gasteiger partial charge in [-0.3, -0.25) is 24.1 Å². The summed E-state index contributed by atoms with van der Waals surface area (Å²) in [5, 5.41) is 14.1. The topological polar surface area (TPSA) is 342 Å². The molecule has 11 unspecified atom stereocenters. The molecule has 696 valence electrons. The highest BCUT2D eigenvalue weighted by Gasteiger charge is 2.49. The number of carbonyl (C=O) groups is 10. The lowest BCUT2D eigenvalue weighted by atomic mass is 9.61. The van der Waals surface area contributed by atoms with Crippen molar-refractivity contribution in [2.75, 3.05) is 107 Å². The molecule has 0 spiro atoms. The molecule has 5 amide bonds. The standard InChI is InChI=1S/C91H165N7O22/c1-22-30-32-33-39-45-51-73(110-21)75(117-83(106)94-70-56-86(10,11)63-88(14,58-70)60-78(101)113-65-89(15,66-114-81(104)92-18)79(102)119-97(24-3,25-4)26-5)53-47-41-38-43-49-55-77(100)112-62-69(9)61-111-76(99)54-48-42-37-35-34-36-40-46-52-74(72(109-20)50-44-31-23-2)118-84(107)95-71-57-87(12,13)64-91(17,59-71)96-85(108)116-68-90(16,67-115-82(105)93-19)80(103)120-98(27-6,28-7)29-8/h40,46,69-75H,22-39,41-45,47-68H2,1-21H3,(H3-2,92,93,94,95,96,104,105,106,107,108)/p+2. The zero-order valence-electron chi connectivity index (χ0n) is 78.4. The Bertz CT molecular complexity index is 3020. The van der Waals surface area contributed by atoms with Gasteiger partial charge in [0.05, 0.1) is 31.8 Å². The Balaban J connectivity index is 1.86. The summed E-state index contributed by atoms with van der Waals surface area (Å²) in [4.78, 5) is 145. The number of alkyl carbamates (subject to hydrolysis) is 5. The van der Waals surface area contributed by atoms with Crippen LogP contribution in [0.3, 0.4) is 0 Å². The number of nitrogens with one attached hydrogen (secondary N) is 5. The van der Waals surface area contributed by atoms with Crippen molar-refractivity contribution >= 4 is 60.3 Å². The van der Waals surface area contributed by atoms with E-state index in [4.69, 9.17) is 57.0 Å². The highest BCUT2D eigenvalue weighted by atomic mass is 16.8. The molecule has 0 aromatic rings. The van der Waals surface area contributed by atoms with E-state index >= 15 is 0 Å². The number of ether oxygens (including phenoxy) is 10. The number of amides is 5. The second-order valence-electron chi connectivity index (χ2n) is 36.9. The maximum atomic E-state index is 14.0. The van der Waals surface area contributed by atoms with Gasteiger partial charge in [-0.2, -0.15) is 0 Å². The minimum absolute atomic E-state index is 0.0273. The van der Waals surface area contributed by atoms with Crippen molar-refractivity contribution < 1.29 is 114 Å². The maximum Gasteiger partial charge on any atom is 0.407 e. The normalized spacial score (nSPS) is 20.0. The van der Waals surface area contributed by atoms with Gasteiger partial charge in [0, 0.05) is 71.1 Å². The van der Waals surface area contributed by atoms with Crippen molar-refractivity contribution in [3.63, 3.8) is 0 Å². The molecule has 0 aromatic carbocycles. The number of hydroxylamine groups is 6. The van der Waals surface area contributed by atoms with Gasteiger partial charge < -0.3 is 74.0 Å². The molecule has 5 N–H and O–H groups in total. The van der Waals surface area contributed by atoms with Gasteiger partial charge in [0.25, 0.3) is 0 Å². The number of esters is 3. The average molecular weight is 1710 g/mol. The molecular weight excluding hydrogens is 1540 g/mol. The molecule has 120 heavy (non-hydrogen) atoms. The molecule has 0 aromatic heterocycles. The fourth-order valence-corrected chi connectivity index (χ4v) is 17.0. The van der Waals surface area contributed by atoms with Crippen LogP contribution in [0.4, 0.5) is 24.0 Å². The third-order valence-corrected chi connectivity index (χ3v) is 24.0. The molecule has 29 heteroatoms. The van der Waals surface area contributed by atoms with Crippen LogP contribution in [0, 0.1) is 33.0 Å². The van der Waals surface area contributed by atoms with Crippen LogP contribution < -0.4 is 26.6 Å². The Morgan fingerprint density at radius 1 is 0.425 bits per heavy atom. The first-order chi connectivity index (χ1) is 56.7. The van der Waals surface area contributed by atoms with E-state index in [9.17, 15) is 47.9 Å². The van der Waals surface area contributed by atoms with Gasteiger partial charge in [0.15, 0.2) is 0 Å². The summed E-state index contributed by atoms with van der Waals surface area (Å²) in [6.07, 6.45) is 24.8. The van der Waals surface area contributed by atoms with E-state index in [1.54, 1.807) is 21.1 Å². The summed E-state index contributed by atoms with van der Waals surface area (Å²) in [5.74, 6) is -2.55. The smallest absolute Gasteiger partial charge is 0.407 e. The maximum absolute atomic E-state index is 14.0. The molecule has 2 aliphatic rings. The third-order valence-electron chi connectivity index (χ3n) is 24.0. The van der Waals surface area contributed by atoms with Gasteiger partial charge >= 0.3 is 60.3 Å². The monoisotopic (exact) mass is 1710 g/mol. The summed E-state index contributed by atoms with van der Waals surface area (Å²) in [6.45, 7) is 35.0. The molecule has 2 saturated carbocycles. The molecular formula is C91H167N7O22+2. The Labute approximate surface area is 721 Å². The van der Waals surface area contributed by atoms with Crippen molar-refractivity contribution in [1.82, 2.24) is 26.6 Å². The average Bonchev–Trinajstić information content (AvgIpc) is 0.799. The molecule has 29 nitrogen and oxygen atoms in total. The summed E-state index contributed by atoms with van der Waals surface area (Å²) in [6, 6.07) is -0.670. The second kappa shape index (κ2) is 56.9. The largest absolute Gasteiger partial charge is 0.465 e. The van der Waals surface area contributed by atoms with Crippen LogP contribution in [0.25, 0.3) is 0 Å². The third kappa shape index (κ3) is 43.1. The van der Waals surface area contributed by atoms with E-state index in [1.165, 1.54) is 33.9 Å². The molecule has 0 radical (unpaired) electrons. The Morgan fingerprint density at radius 2 is 0.808 bits per heavy atom. The fraction of sp³-hybridized carbons (Fsp3) is 0.868. The van der Waals surface area contributed by atoms with Crippen molar-refractivity contribution in [3.05, 3.63) is 12.2 Å². The number of hydrogen-bond acceptors (Lipinski definition) is 22. The minimum Gasteiger partial charge on any atom is -0.465 e. The van der Waals surface area contributed by atoms with Crippen LogP contribution in [0.15, 0.2) is 12.2 Å². The van der Waals surface area contributed by atoms with E-state index in [2.05, 4.69) is 80.3 Å². The molecule has 2 rings (SSSR count). The van der Waals surface area contributed by atoms with Crippen LogP contribution in [-0.2, 0) is 81.0 Å². The number of unbranched alkanes of at least 4 members (excludes halogenated alkanes) is 16. The number of carbonyl (C=O) groups excluding carboxylic acids is 10. The van der Waals surface area contributed by atoms with Crippen LogP contribution in [0.1, 0.15) is 330 Å². The van der Waals surface area contributed by atoms with Crippen molar-refractivity contribution in [1.29, 1.82) is 0 Å². The highest BCUT2D eigenvalue weighted by Crippen LogP contribution is 2.49. The van der Waals surface area contributed by atoms with Crippen molar-refractivity contribution in [2.24, 2.45) is 33.0 Å². The van der Waals surface area contributed by atoms with Gasteiger partial charge in [-0.05, 0) is 168 Å². The zero-order chi connectivity index (χ0) is 90.1. The first-order valence-corrected chi connectivity index (χ1v) is 45.7. The van der Waals surface area contributed by atoms with E-state index in [-0.39, 0.29) is 102 Å². The lowest BCUT2D eigenvalue weighted by molar-refractivity contribution is -1.09. The number of rotatable bonds is 62. The number of nitrogens with zero attached hydrogens (tertiary/aromatic N) is 2. The molecule has 2 aliphatic carbocycles. The Kier molecular flexibility index (Phi) is 51.9. The van der Waals surface area contributed by atoms with Gasteiger partial charge in [-0.15, -0.1) is 9.29 Å². The van der Waals surface area contributed by atoms with E-state index in [1.807, 2.05) is 62.3 Å². The summed E-state index contributed by atoms with van der Waals surface area (Å²) < 4.78 is 58.0. The van der Waals surface area contributed by atoms with Crippen LogP contribution in [0.5, 0.6) is 0 Å². The molecule has 0 heterocycles. The predicted molar refractivity (Wildman–Crippen MR) is 462 cm³/mol. The van der Waals surface area contributed by atoms with Gasteiger partial charge in [0.1, 0.15) is 88.7 Å². The van der Waals surface area contributed by atoms with Gasteiger partial charge in [-0.1, -0.05) is 164 Å². The predicted octanol–water partition coefficient (Wildman–Crippen LogP) is 17.6. The van der Waals surface area contributed by atoms with E-state index < -0.39 is 95.6 Å². The Morgan fingerprint density at radius 3 is 1.27 bits per heavy atom.